The molecule has 1 aliphatic rings. The van der Waals surface area contributed by atoms with E-state index in [0.29, 0.717) is 15.8 Å². The van der Waals surface area contributed by atoms with Gasteiger partial charge in [0.2, 0.25) is 0 Å². The maximum Gasteiger partial charge on any atom is 0.271 e. The smallest absolute Gasteiger partial charge is 0.271 e. The first-order chi connectivity index (χ1) is 13.3. The summed E-state index contributed by atoms with van der Waals surface area (Å²) in [6, 6.07) is 10.2. The lowest BCUT2D eigenvalue weighted by atomic mass is 10.2. The Kier molecular flexibility index (Phi) is 5.69. The van der Waals surface area contributed by atoms with E-state index in [0.717, 1.165) is 5.69 Å². The summed E-state index contributed by atoms with van der Waals surface area (Å²) in [6.45, 7) is 7.88. The second kappa shape index (κ2) is 8.02. The van der Waals surface area contributed by atoms with Gasteiger partial charge in [0.05, 0.1) is 15.5 Å². The van der Waals surface area contributed by atoms with E-state index in [-0.39, 0.29) is 23.7 Å². The number of amidine groups is 1. The molecule has 2 aromatic rings. The first-order valence-corrected chi connectivity index (χ1v) is 9.82. The maximum absolute atomic E-state index is 12.9. The van der Waals surface area contributed by atoms with Gasteiger partial charge in [-0.15, -0.1) is 0 Å². The fourth-order valence-corrected chi connectivity index (χ4v) is 4.11. The average Bonchev–Trinajstić information content (AvgIpc) is 3.19. The first kappa shape index (κ1) is 19.9. The van der Waals surface area contributed by atoms with Gasteiger partial charge in [-0.1, -0.05) is 6.07 Å². The quantitative estimate of drug-likeness (QED) is 0.423. The molecule has 8 heteroatoms. The maximum atomic E-state index is 12.9. The number of amides is 1. The molecule has 1 fully saturated rings. The minimum atomic E-state index is -0.420. The Morgan fingerprint density at radius 1 is 1.18 bits per heavy atom. The number of carbonyl (C=O) groups excluding carboxylic acids is 1. The van der Waals surface area contributed by atoms with Crippen molar-refractivity contribution in [3.8, 4) is 5.69 Å². The summed E-state index contributed by atoms with van der Waals surface area (Å²) in [5, 5.41) is 11.8. The molecule has 0 radical (unpaired) electrons. The van der Waals surface area contributed by atoms with Gasteiger partial charge >= 0.3 is 0 Å². The number of hydrogen-bond donors (Lipinski definition) is 0. The molecule has 2 heterocycles. The van der Waals surface area contributed by atoms with Gasteiger partial charge in [-0.2, -0.15) is 0 Å². The van der Waals surface area contributed by atoms with Crippen molar-refractivity contribution in [1.29, 1.82) is 0 Å². The van der Waals surface area contributed by atoms with E-state index in [2.05, 4.69) is 4.99 Å². The van der Waals surface area contributed by atoms with Crippen molar-refractivity contribution in [3.05, 3.63) is 63.3 Å². The second-order valence-electron chi connectivity index (χ2n) is 6.96. The monoisotopic (exact) mass is 398 g/mol. The van der Waals surface area contributed by atoms with Crippen molar-refractivity contribution in [2.75, 3.05) is 0 Å². The van der Waals surface area contributed by atoms with Crippen LogP contribution in [0.3, 0.4) is 0 Å². The molecule has 1 aromatic heterocycles. The summed E-state index contributed by atoms with van der Waals surface area (Å²) in [5.74, 6) is -0.0776. The molecule has 7 nitrogen and oxygen atoms in total. The minimum Gasteiger partial charge on any atom is -0.317 e. The zero-order valence-corrected chi connectivity index (χ0v) is 17.0. The fraction of sp³-hybridized carbons (Fsp3) is 0.300. The van der Waals surface area contributed by atoms with Gasteiger partial charge in [0.1, 0.15) is 0 Å². The van der Waals surface area contributed by atoms with Crippen LogP contribution in [0.25, 0.3) is 11.8 Å². The van der Waals surface area contributed by atoms with Gasteiger partial charge < -0.3 is 4.57 Å². The average molecular weight is 398 g/mol. The number of hydrogen-bond acceptors (Lipinski definition) is 5. The first-order valence-electron chi connectivity index (χ1n) is 9.01. The summed E-state index contributed by atoms with van der Waals surface area (Å²) in [7, 11) is 0. The molecule has 1 amide bonds. The van der Waals surface area contributed by atoms with Crippen LogP contribution in [0.4, 0.5) is 5.69 Å². The molecular formula is C20H22N4O3S. The van der Waals surface area contributed by atoms with E-state index >= 15 is 0 Å². The summed E-state index contributed by atoms with van der Waals surface area (Å²) in [5.41, 5.74) is 1.46. The number of rotatable bonds is 5. The number of benzene rings is 1. The Labute approximate surface area is 167 Å². The third-order valence-corrected chi connectivity index (χ3v) is 5.10. The Hall–Kier alpha value is -2.87. The molecule has 0 N–H and O–H groups in total. The summed E-state index contributed by atoms with van der Waals surface area (Å²) in [4.78, 5) is 30.4. The SMILES string of the molecule is CC(C)N=C1S/C(=C/c2cccn2-c2cccc([N+](=O)[O-])c2)C(=O)N1C(C)C. The largest absolute Gasteiger partial charge is 0.317 e. The molecule has 3 rings (SSSR count). The Morgan fingerprint density at radius 2 is 1.93 bits per heavy atom. The van der Waals surface area contributed by atoms with E-state index in [4.69, 9.17) is 0 Å². The standard InChI is InChI=1S/C20H22N4O3S/c1-13(2)21-20-23(14(3)4)19(25)18(28-20)12-16-9-6-10-22(16)15-7-5-8-17(11-15)24(26)27/h5-14H,1-4H3/b18-12+,21-20?. The zero-order valence-electron chi connectivity index (χ0n) is 16.2. The summed E-state index contributed by atoms with van der Waals surface area (Å²) in [6.07, 6.45) is 3.63. The lowest BCUT2D eigenvalue weighted by Crippen LogP contribution is -2.35. The van der Waals surface area contributed by atoms with Crippen LogP contribution in [0.5, 0.6) is 0 Å². The molecule has 0 saturated carbocycles. The van der Waals surface area contributed by atoms with Gasteiger partial charge in [0.25, 0.3) is 11.6 Å². The molecule has 1 saturated heterocycles. The van der Waals surface area contributed by atoms with Crippen LogP contribution in [-0.4, -0.2) is 37.5 Å². The van der Waals surface area contributed by atoms with Crippen LogP contribution in [0.2, 0.25) is 0 Å². The van der Waals surface area contributed by atoms with E-state index in [1.54, 1.807) is 17.0 Å². The van der Waals surface area contributed by atoms with Crippen LogP contribution in [0.15, 0.2) is 52.5 Å². The van der Waals surface area contributed by atoms with Gasteiger partial charge in [-0.05, 0) is 63.7 Å². The van der Waals surface area contributed by atoms with Crippen LogP contribution < -0.4 is 0 Å². The molecule has 146 valence electrons. The van der Waals surface area contributed by atoms with E-state index < -0.39 is 4.92 Å². The molecule has 1 aliphatic heterocycles. The normalized spacial score (nSPS) is 17.5. The van der Waals surface area contributed by atoms with Crippen molar-refractivity contribution in [2.45, 2.75) is 39.8 Å². The van der Waals surface area contributed by atoms with Crippen molar-refractivity contribution in [1.82, 2.24) is 9.47 Å². The number of aliphatic imine (C=N–C) groups is 1. The van der Waals surface area contributed by atoms with Gasteiger partial charge in [0.15, 0.2) is 5.17 Å². The number of nitrogens with zero attached hydrogens (tertiary/aromatic N) is 4. The second-order valence-corrected chi connectivity index (χ2v) is 7.97. The third kappa shape index (κ3) is 4.01. The van der Waals surface area contributed by atoms with E-state index in [1.165, 1.54) is 23.9 Å². The van der Waals surface area contributed by atoms with Crippen molar-refractivity contribution < 1.29 is 9.72 Å². The van der Waals surface area contributed by atoms with Gasteiger partial charge in [0, 0.05) is 36.1 Å². The van der Waals surface area contributed by atoms with Crippen LogP contribution >= 0.6 is 11.8 Å². The minimum absolute atomic E-state index is 0.00644. The highest BCUT2D eigenvalue weighted by molar-refractivity contribution is 8.18. The molecule has 0 unspecified atom stereocenters. The number of nitro groups is 1. The zero-order chi connectivity index (χ0) is 20.4. The lowest BCUT2D eigenvalue weighted by Gasteiger charge is -2.20. The molecule has 0 aliphatic carbocycles. The highest BCUT2D eigenvalue weighted by Crippen LogP contribution is 2.34. The van der Waals surface area contributed by atoms with Crippen LogP contribution in [0, 0.1) is 10.1 Å². The predicted molar refractivity (Wildman–Crippen MR) is 113 cm³/mol. The topological polar surface area (TPSA) is 80.7 Å². The number of aromatic nitrogens is 1. The van der Waals surface area contributed by atoms with Crippen LogP contribution in [0.1, 0.15) is 33.4 Å². The number of nitro benzene ring substituents is 1. The summed E-state index contributed by atoms with van der Waals surface area (Å²) >= 11 is 1.36. The summed E-state index contributed by atoms with van der Waals surface area (Å²) < 4.78 is 1.82. The predicted octanol–water partition coefficient (Wildman–Crippen LogP) is 4.47. The fourth-order valence-electron chi connectivity index (χ4n) is 2.89. The lowest BCUT2D eigenvalue weighted by molar-refractivity contribution is -0.384. The van der Waals surface area contributed by atoms with Crippen molar-refractivity contribution in [3.63, 3.8) is 0 Å². The van der Waals surface area contributed by atoms with Crippen LogP contribution in [-0.2, 0) is 4.79 Å². The van der Waals surface area contributed by atoms with E-state index in [1.807, 2.05) is 56.7 Å². The molecule has 0 spiro atoms. The van der Waals surface area contributed by atoms with Crippen molar-refractivity contribution in [2.24, 2.45) is 4.99 Å². The van der Waals surface area contributed by atoms with E-state index in [9.17, 15) is 14.9 Å². The molecule has 0 atom stereocenters. The molecule has 0 bridgehead atoms. The number of carbonyl (C=O) groups is 1. The Bertz CT molecular complexity index is 975. The number of thioether (sulfide) groups is 1. The highest BCUT2D eigenvalue weighted by atomic mass is 32.2. The molecule has 1 aromatic carbocycles. The van der Waals surface area contributed by atoms with Gasteiger partial charge in [-0.3, -0.25) is 24.8 Å². The highest BCUT2D eigenvalue weighted by Gasteiger charge is 2.35. The Balaban J connectivity index is 2.00. The Morgan fingerprint density at radius 3 is 2.57 bits per heavy atom. The molecular weight excluding hydrogens is 376 g/mol. The number of non-ortho nitro benzene ring substituents is 1. The van der Waals surface area contributed by atoms with Crippen molar-refractivity contribution >= 4 is 34.6 Å². The third-order valence-electron chi connectivity index (χ3n) is 4.10. The molecule has 28 heavy (non-hydrogen) atoms. The van der Waals surface area contributed by atoms with Gasteiger partial charge in [-0.25, -0.2) is 0 Å².